The van der Waals surface area contributed by atoms with Gasteiger partial charge in [-0.2, -0.15) is 0 Å². The molecule has 1 aromatic heterocycles. The Bertz CT molecular complexity index is 763. The number of halogens is 2. The van der Waals surface area contributed by atoms with Crippen molar-refractivity contribution in [2.45, 2.75) is 26.8 Å². The summed E-state index contributed by atoms with van der Waals surface area (Å²) in [6.45, 7) is 5.26. The van der Waals surface area contributed by atoms with Gasteiger partial charge >= 0.3 is 0 Å². The number of benzene rings is 2. The molecule has 0 unspecified atom stereocenters. The summed E-state index contributed by atoms with van der Waals surface area (Å²) >= 11 is 6.10. The fourth-order valence-corrected chi connectivity index (χ4v) is 2.85. The number of aromatic nitrogens is 2. The molecule has 1 heterocycles. The molecular formula is C18H20Cl2N2. The molecule has 0 atom stereocenters. The third-order valence-electron chi connectivity index (χ3n) is 3.55. The Labute approximate surface area is 142 Å². The van der Waals surface area contributed by atoms with E-state index in [1.54, 1.807) is 0 Å². The van der Waals surface area contributed by atoms with E-state index in [0.717, 1.165) is 29.3 Å². The van der Waals surface area contributed by atoms with Crippen molar-refractivity contribution in [3.05, 3.63) is 64.9 Å². The molecule has 0 aliphatic rings. The quantitative estimate of drug-likeness (QED) is 0.628. The summed E-state index contributed by atoms with van der Waals surface area (Å²) in [5.74, 6) is 1.73. The molecule has 116 valence electrons. The fourth-order valence-electron chi connectivity index (χ4n) is 2.64. The predicted molar refractivity (Wildman–Crippen MR) is 96.1 cm³/mol. The van der Waals surface area contributed by atoms with Gasteiger partial charge in [0, 0.05) is 18.0 Å². The first-order chi connectivity index (χ1) is 10.1. The van der Waals surface area contributed by atoms with E-state index in [-0.39, 0.29) is 12.4 Å². The molecule has 0 spiro atoms. The number of imidazole rings is 1. The summed E-state index contributed by atoms with van der Waals surface area (Å²) < 4.78 is 2.31. The summed E-state index contributed by atoms with van der Waals surface area (Å²) in [6, 6.07) is 16.4. The lowest BCUT2D eigenvalue weighted by Gasteiger charge is -2.11. The number of hydrogen-bond acceptors (Lipinski definition) is 1. The van der Waals surface area contributed by atoms with Gasteiger partial charge in [-0.15, -0.1) is 12.4 Å². The minimum Gasteiger partial charge on any atom is -0.323 e. The van der Waals surface area contributed by atoms with E-state index >= 15 is 0 Å². The van der Waals surface area contributed by atoms with Gasteiger partial charge in [0.15, 0.2) is 0 Å². The molecule has 0 aliphatic heterocycles. The Hall–Kier alpha value is -1.51. The first-order valence-corrected chi connectivity index (χ1v) is 7.70. The van der Waals surface area contributed by atoms with Crippen LogP contribution in [0.15, 0.2) is 48.5 Å². The van der Waals surface area contributed by atoms with Gasteiger partial charge in [-0.1, -0.05) is 49.7 Å². The van der Waals surface area contributed by atoms with Gasteiger partial charge in [-0.3, -0.25) is 0 Å². The van der Waals surface area contributed by atoms with Crippen molar-refractivity contribution in [3.8, 4) is 0 Å². The highest BCUT2D eigenvalue weighted by Gasteiger charge is 2.12. The Morgan fingerprint density at radius 2 is 1.86 bits per heavy atom. The molecule has 2 aromatic carbocycles. The topological polar surface area (TPSA) is 17.8 Å². The molecule has 4 heteroatoms. The van der Waals surface area contributed by atoms with Crippen molar-refractivity contribution >= 4 is 35.0 Å². The Morgan fingerprint density at radius 3 is 2.59 bits per heavy atom. The van der Waals surface area contributed by atoms with Crippen LogP contribution in [0.1, 0.15) is 25.2 Å². The minimum absolute atomic E-state index is 0. The molecule has 3 aromatic rings. The summed E-state index contributed by atoms with van der Waals surface area (Å²) in [7, 11) is 0. The molecule has 3 rings (SSSR count). The summed E-state index contributed by atoms with van der Waals surface area (Å²) in [6.07, 6.45) is 0.981. The first-order valence-electron chi connectivity index (χ1n) is 7.32. The molecule has 0 fully saturated rings. The average Bonchev–Trinajstić information content (AvgIpc) is 2.76. The van der Waals surface area contributed by atoms with Crippen molar-refractivity contribution < 1.29 is 0 Å². The van der Waals surface area contributed by atoms with Gasteiger partial charge < -0.3 is 4.57 Å². The number of para-hydroxylation sites is 2. The minimum atomic E-state index is 0. The third kappa shape index (κ3) is 3.63. The summed E-state index contributed by atoms with van der Waals surface area (Å²) in [4.78, 5) is 4.80. The monoisotopic (exact) mass is 334 g/mol. The predicted octanol–water partition coefficient (Wildman–Crippen LogP) is 5.36. The largest absolute Gasteiger partial charge is 0.323 e. The average molecular weight is 335 g/mol. The molecule has 2 nitrogen and oxygen atoms in total. The molecule has 0 bridgehead atoms. The zero-order valence-electron chi connectivity index (χ0n) is 12.8. The van der Waals surface area contributed by atoms with Crippen molar-refractivity contribution in [2.24, 2.45) is 5.92 Å². The van der Waals surface area contributed by atoms with Crippen LogP contribution in [-0.4, -0.2) is 9.55 Å². The Balaban J connectivity index is 0.00000176. The van der Waals surface area contributed by atoms with Gasteiger partial charge in [-0.25, -0.2) is 4.98 Å². The van der Waals surface area contributed by atoms with Crippen LogP contribution in [0.3, 0.4) is 0 Å². The van der Waals surface area contributed by atoms with Crippen LogP contribution in [0, 0.1) is 5.92 Å². The summed E-state index contributed by atoms with van der Waals surface area (Å²) in [5.41, 5.74) is 3.46. The normalized spacial score (nSPS) is 10.9. The standard InChI is InChI=1S/C18H19ClN2.ClH/c1-13(2)10-18-20-16-8-3-4-9-17(16)21(18)12-14-6-5-7-15(19)11-14;/h3-9,11,13H,10,12H2,1-2H3;1H. The maximum atomic E-state index is 6.10. The second-order valence-corrected chi connectivity index (χ2v) is 6.27. The highest BCUT2D eigenvalue weighted by molar-refractivity contribution is 6.30. The molecule has 0 saturated carbocycles. The molecule has 0 radical (unpaired) electrons. The van der Waals surface area contributed by atoms with Gasteiger partial charge in [0.05, 0.1) is 11.0 Å². The van der Waals surface area contributed by atoms with Crippen LogP contribution >= 0.6 is 24.0 Å². The zero-order chi connectivity index (χ0) is 14.8. The summed E-state index contributed by atoms with van der Waals surface area (Å²) in [5, 5.41) is 0.780. The number of nitrogens with zero attached hydrogens (tertiary/aromatic N) is 2. The molecule has 0 N–H and O–H groups in total. The molecule has 0 aliphatic carbocycles. The molecule has 22 heavy (non-hydrogen) atoms. The van der Waals surface area contributed by atoms with E-state index in [1.165, 1.54) is 11.1 Å². The van der Waals surface area contributed by atoms with Crippen LogP contribution in [0.25, 0.3) is 11.0 Å². The van der Waals surface area contributed by atoms with Crippen LogP contribution in [0.4, 0.5) is 0 Å². The lowest BCUT2D eigenvalue weighted by Crippen LogP contribution is -2.08. The SMILES string of the molecule is CC(C)Cc1nc2ccccc2n1Cc1cccc(Cl)c1.Cl. The van der Waals surface area contributed by atoms with Crippen LogP contribution < -0.4 is 0 Å². The van der Waals surface area contributed by atoms with E-state index in [2.05, 4.69) is 42.7 Å². The van der Waals surface area contributed by atoms with Crippen LogP contribution in [0.2, 0.25) is 5.02 Å². The molecular weight excluding hydrogens is 315 g/mol. The van der Waals surface area contributed by atoms with Gasteiger partial charge in [0.2, 0.25) is 0 Å². The zero-order valence-corrected chi connectivity index (χ0v) is 14.4. The van der Waals surface area contributed by atoms with Crippen molar-refractivity contribution in [1.82, 2.24) is 9.55 Å². The lowest BCUT2D eigenvalue weighted by molar-refractivity contribution is 0.595. The smallest absolute Gasteiger partial charge is 0.110 e. The van der Waals surface area contributed by atoms with Crippen molar-refractivity contribution in [3.63, 3.8) is 0 Å². The second-order valence-electron chi connectivity index (χ2n) is 5.83. The first kappa shape index (κ1) is 16.9. The number of fused-ring (bicyclic) bond motifs is 1. The van der Waals surface area contributed by atoms with Crippen LogP contribution in [0.5, 0.6) is 0 Å². The van der Waals surface area contributed by atoms with Crippen molar-refractivity contribution in [1.29, 1.82) is 0 Å². The Morgan fingerprint density at radius 1 is 1.09 bits per heavy atom. The van der Waals surface area contributed by atoms with E-state index in [9.17, 15) is 0 Å². The van der Waals surface area contributed by atoms with Crippen LogP contribution in [-0.2, 0) is 13.0 Å². The maximum absolute atomic E-state index is 6.10. The Kier molecular flexibility index (Phi) is 5.49. The van der Waals surface area contributed by atoms with E-state index in [0.29, 0.717) is 5.92 Å². The number of rotatable bonds is 4. The lowest BCUT2D eigenvalue weighted by atomic mass is 10.1. The van der Waals surface area contributed by atoms with Gasteiger partial charge in [0.25, 0.3) is 0 Å². The van der Waals surface area contributed by atoms with Gasteiger partial charge in [-0.05, 0) is 35.7 Å². The fraction of sp³-hybridized carbons (Fsp3) is 0.278. The van der Waals surface area contributed by atoms with E-state index in [1.807, 2.05) is 24.3 Å². The molecule has 0 amide bonds. The van der Waals surface area contributed by atoms with Gasteiger partial charge in [0.1, 0.15) is 5.82 Å². The van der Waals surface area contributed by atoms with E-state index in [4.69, 9.17) is 16.6 Å². The third-order valence-corrected chi connectivity index (χ3v) is 3.79. The van der Waals surface area contributed by atoms with Crippen molar-refractivity contribution in [2.75, 3.05) is 0 Å². The molecule has 0 saturated heterocycles. The van der Waals surface area contributed by atoms with E-state index < -0.39 is 0 Å². The highest BCUT2D eigenvalue weighted by atomic mass is 35.5. The highest BCUT2D eigenvalue weighted by Crippen LogP contribution is 2.21. The number of hydrogen-bond donors (Lipinski definition) is 0. The maximum Gasteiger partial charge on any atom is 0.110 e. The second kappa shape index (κ2) is 7.17.